The Labute approximate surface area is 220 Å². The number of hydrogen-bond acceptors (Lipinski definition) is 4. The molecule has 0 aromatic heterocycles. The molecule has 0 saturated carbocycles. The van der Waals surface area contributed by atoms with Crippen molar-refractivity contribution in [3.63, 3.8) is 0 Å². The third-order valence-electron chi connectivity index (χ3n) is 8.02. The van der Waals surface area contributed by atoms with Gasteiger partial charge in [0, 0.05) is 5.92 Å². The van der Waals surface area contributed by atoms with Crippen LogP contribution in [0, 0.1) is 5.92 Å². The first-order valence-corrected chi connectivity index (χ1v) is 13.3. The summed E-state index contributed by atoms with van der Waals surface area (Å²) in [4.78, 5) is 14.0. The van der Waals surface area contributed by atoms with E-state index in [2.05, 4.69) is 47.4 Å². The van der Waals surface area contributed by atoms with Crippen molar-refractivity contribution < 1.29 is 20.1 Å². The molecule has 0 bridgehead atoms. The van der Waals surface area contributed by atoms with E-state index in [-0.39, 0.29) is 0 Å². The van der Waals surface area contributed by atoms with E-state index in [1.165, 1.54) is 11.1 Å². The van der Waals surface area contributed by atoms with Crippen molar-refractivity contribution in [2.45, 2.75) is 57.0 Å². The van der Waals surface area contributed by atoms with E-state index in [1.807, 2.05) is 24.3 Å². The number of nitrogens with zero attached hydrogens (tertiary/aromatic N) is 1. The molecule has 5 nitrogen and oxygen atoms in total. The summed E-state index contributed by atoms with van der Waals surface area (Å²) >= 11 is 0. The number of piperidine rings is 1. The third kappa shape index (κ3) is 6.60. The quantitative estimate of drug-likeness (QED) is 0.312. The molecule has 4 rings (SSSR count). The van der Waals surface area contributed by atoms with E-state index in [9.17, 15) is 20.1 Å². The number of aliphatic hydroxyl groups is 1. The molecule has 3 aromatic carbocycles. The molecule has 1 heterocycles. The zero-order chi connectivity index (χ0) is 26.4. The predicted molar refractivity (Wildman–Crippen MR) is 147 cm³/mol. The maximum absolute atomic E-state index is 11.5. The number of phenols is 1. The van der Waals surface area contributed by atoms with Gasteiger partial charge in [-0.2, -0.15) is 0 Å². The van der Waals surface area contributed by atoms with Gasteiger partial charge in [0.05, 0.1) is 11.5 Å². The molecule has 1 fully saturated rings. The van der Waals surface area contributed by atoms with Crippen LogP contribution < -0.4 is 0 Å². The lowest BCUT2D eigenvalue weighted by atomic mass is 9.76. The van der Waals surface area contributed by atoms with Crippen LogP contribution in [0.2, 0.25) is 0 Å². The average Bonchev–Trinajstić information content (AvgIpc) is 2.91. The second-order valence-electron chi connectivity index (χ2n) is 10.9. The number of aliphatic hydroxyl groups excluding tert-OH is 1. The van der Waals surface area contributed by atoms with Gasteiger partial charge in [-0.15, -0.1) is 0 Å². The first-order valence-electron chi connectivity index (χ1n) is 13.3. The van der Waals surface area contributed by atoms with E-state index in [0.717, 1.165) is 50.0 Å². The van der Waals surface area contributed by atoms with Crippen LogP contribution in [0.1, 0.15) is 73.8 Å². The van der Waals surface area contributed by atoms with Crippen molar-refractivity contribution in [2.75, 3.05) is 19.6 Å². The Kier molecular flexibility index (Phi) is 8.67. The van der Waals surface area contributed by atoms with Gasteiger partial charge in [0.2, 0.25) is 0 Å². The van der Waals surface area contributed by atoms with Crippen LogP contribution in [0.25, 0.3) is 0 Å². The average molecular weight is 502 g/mol. The van der Waals surface area contributed by atoms with E-state index < -0.39 is 17.5 Å². The molecule has 1 saturated heterocycles. The molecule has 2 atom stereocenters. The second kappa shape index (κ2) is 11.9. The first kappa shape index (κ1) is 26.9. The molecule has 1 aliphatic rings. The minimum atomic E-state index is -0.947. The van der Waals surface area contributed by atoms with Crippen LogP contribution in [-0.4, -0.2) is 45.8 Å². The zero-order valence-electron chi connectivity index (χ0n) is 21.9. The van der Waals surface area contributed by atoms with Crippen LogP contribution >= 0.6 is 0 Å². The van der Waals surface area contributed by atoms with Crippen LogP contribution in [0.3, 0.4) is 0 Å². The first-order chi connectivity index (χ1) is 17.8. The number of aliphatic carboxylic acids is 1. The highest BCUT2D eigenvalue weighted by molar-refractivity contribution is 5.80. The lowest BCUT2D eigenvalue weighted by Crippen LogP contribution is -2.36. The number of carboxylic acid groups (broad SMARTS) is 1. The lowest BCUT2D eigenvalue weighted by Gasteiger charge is -2.37. The standard InChI is InChI=1S/C32H39NO4/c1-32(2,31(36)37)27-14-10-23(11-15-27)29(35)9-6-20-33-21-18-26(19-22-33)30(24-7-4-3-5-8-24)25-12-16-28(34)17-13-25/h3-5,7-8,10-17,26,29-30,34-35H,6,9,18-22H2,1-2H3,(H,36,37). The zero-order valence-corrected chi connectivity index (χ0v) is 21.9. The van der Waals surface area contributed by atoms with Gasteiger partial charge in [-0.3, -0.25) is 4.79 Å². The van der Waals surface area contributed by atoms with Gasteiger partial charge in [-0.1, -0.05) is 66.7 Å². The van der Waals surface area contributed by atoms with Crippen molar-refractivity contribution in [1.29, 1.82) is 0 Å². The van der Waals surface area contributed by atoms with Crippen molar-refractivity contribution in [3.8, 4) is 5.75 Å². The van der Waals surface area contributed by atoms with Crippen LogP contribution in [-0.2, 0) is 10.2 Å². The van der Waals surface area contributed by atoms with Crippen molar-refractivity contribution >= 4 is 5.97 Å². The fraction of sp³-hybridized carbons (Fsp3) is 0.406. The van der Waals surface area contributed by atoms with E-state index in [1.54, 1.807) is 26.0 Å². The number of carbonyl (C=O) groups is 1. The summed E-state index contributed by atoms with van der Waals surface area (Å²) in [5.74, 6) is 0.303. The minimum Gasteiger partial charge on any atom is -0.508 e. The number of benzene rings is 3. The summed E-state index contributed by atoms with van der Waals surface area (Å²) in [5.41, 5.74) is 3.20. The van der Waals surface area contributed by atoms with Gasteiger partial charge in [0.15, 0.2) is 0 Å². The number of aromatic hydroxyl groups is 1. The maximum atomic E-state index is 11.5. The Morgan fingerprint density at radius 3 is 2.05 bits per heavy atom. The molecule has 0 amide bonds. The summed E-state index contributed by atoms with van der Waals surface area (Å²) in [6.45, 7) is 6.43. The highest BCUT2D eigenvalue weighted by Crippen LogP contribution is 2.38. The number of hydrogen-bond donors (Lipinski definition) is 3. The molecule has 0 radical (unpaired) electrons. The highest BCUT2D eigenvalue weighted by Gasteiger charge is 2.30. The SMILES string of the molecule is CC(C)(C(=O)O)c1ccc(C(O)CCCN2CCC(C(c3ccccc3)c3ccc(O)cc3)CC2)cc1. The van der Waals surface area contributed by atoms with E-state index >= 15 is 0 Å². The van der Waals surface area contributed by atoms with Gasteiger partial charge < -0.3 is 20.2 Å². The van der Waals surface area contributed by atoms with Gasteiger partial charge in [-0.05, 0) is 99.5 Å². The summed E-state index contributed by atoms with van der Waals surface area (Å²) < 4.78 is 0. The topological polar surface area (TPSA) is 81.0 Å². The van der Waals surface area contributed by atoms with Crippen molar-refractivity contribution in [1.82, 2.24) is 4.90 Å². The van der Waals surface area contributed by atoms with Gasteiger partial charge in [0.25, 0.3) is 0 Å². The molecule has 0 spiro atoms. The molecule has 5 heteroatoms. The molecule has 0 aliphatic carbocycles. The fourth-order valence-corrected chi connectivity index (χ4v) is 5.51. The lowest BCUT2D eigenvalue weighted by molar-refractivity contribution is -0.142. The van der Waals surface area contributed by atoms with Gasteiger partial charge >= 0.3 is 5.97 Å². The summed E-state index contributed by atoms with van der Waals surface area (Å²) in [6, 6.07) is 25.7. The van der Waals surface area contributed by atoms with Gasteiger partial charge in [0.1, 0.15) is 5.75 Å². The Morgan fingerprint density at radius 1 is 0.892 bits per heavy atom. The number of phenolic OH excluding ortho intramolecular Hbond substituents is 1. The molecule has 196 valence electrons. The minimum absolute atomic E-state index is 0.299. The highest BCUT2D eigenvalue weighted by atomic mass is 16.4. The summed E-state index contributed by atoms with van der Waals surface area (Å²) in [7, 11) is 0. The van der Waals surface area contributed by atoms with Crippen LogP contribution in [0.5, 0.6) is 5.75 Å². The number of rotatable bonds is 10. The third-order valence-corrected chi connectivity index (χ3v) is 8.02. The molecular formula is C32H39NO4. The number of likely N-dealkylation sites (tertiary alicyclic amines) is 1. The normalized spacial score (nSPS) is 16.8. The van der Waals surface area contributed by atoms with E-state index in [4.69, 9.17) is 0 Å². The Bertz CT molecular complexity index is 1130. The fourth-order valence-electron chi connectivity index (χ4n) is 5.51. The van der Waals surface area contributed by atoms with Crippen LogP contribution in [0.15, 0.2) is 78.9 Å². The molecule has 3 N–H and O–H groups in total. The van der Waals surface area contributed by atoms with Crippen LogP contribution in [0.4, 0.5) is 0 Å². The Balaban J connectivity index is 1.29. The van der Waals surface area contributed by atoms with Crippen molar-refractivity contribution in [3.05, 3.63) is 101 Å². The summed E-state index contributed by atoms with van der Waals surface area (Å²) in [6.07, 6.45) is 3.28. The molecule has 3 aromatic rings. The summed E-state index contributed by atoms with van der Waals surface area (Å²) in [5, 5.41) is 29.9. The van der Waals surface area contributed by atoms with Gasteiger partial charge in [-0.25, -0.2) is 0 Å². The Hall–Kier alpha value is -3.15. The monoisotopic (exact) mass is 501 g/mol. The largest absolute Gasteiger partial charge is 0.508 e. The molecule has 1 aliphatic heterocycles. The Morgan fingerprint density at radius 2 is 1.46 bits per heavy atom. The smallest absolute Gasteiger partial charge is 0.313 e. The predicted octanol–water partition coefficient (Wildman–Crippen LogP) is 6.11. The maximum Gasteiger partial charge on any atom is 0.313 e. The molecular weight excluding hydrogens is 462 g/mol. The molecule has 37 heavy (non-hydrogen) atoms. The second-order valence-corrected chi connectivity index (χ2v) is 10.9. The van der Waals surface area contributed by atoms with Crippen molar-refractivity contribution in [2.24, 2.45) is 5.92 Å². The number of carboxylic acids is 1. The van der Waals surface area contributed by atoms with E-state index in [0.29, 0.717) is 24.0 Å². The molecule has 2 unspecified atom stereocenters.